The van der Waals surface area contributed by atoms with Crippen molar-refractivity contribution in [1.82, 2.24) is 0 Å². The van der Waals surface area contributed by atoms with Crippen molar-refractivity contribution in [1.29, 1.82) is 0 Å². The van der Waals surface area contributed by atoms with Gasteiger partial charge < -0.3 is 29.2 Å². The zero-order valence-corrected chi connectivity index (χ0v) is 34.3. The average Bonchev–Trinajstić information content (AvgIpc) is 3.04. The molecule has 0 saturated carbocycles. The van der Waals surface area contributed by atoms with Crippen molar-refractivity contribution >= 4 is 23.8 Å². The van der Waals surface area contributed by atoms with E-state index < -0.39 is 35.3 Å². The number of ether oxygens (including phenoxy) is 4. The number of carbonyl (C=O) groups excluding carboxylic acids is 3. The van der Waals surface area contributed by atoms with Crippen LogP contribution in [-0.2, 0) is 40.7 Å². The molecule has 1 heterocycles. The van der Waals surface area contributed by atoms with Gasteiger partial charge in [-0.2, -0.15) is 0 Å². The molecule has 1 aliphatic rings. The van der Waals surface area contributed by atoms with Crippen LogP contribution in [0.5, 0.6) is 23.0 Å². The van der Waals surface area contributed by atoms with Gasteiger partial charge >= 0.3 is 11.9 Å². The maximum absolute atomic E-state index is 14.7. The van der Waals surface area contributed by atoms with Gasteiger partial charge in [-0.1, -0.05) is 83.1 Å². The van der Waals surface area contributed by atoms with E-state index in [2.05, 4.69) is 46.3 Å². The predicted molar refractivity (Wildman–Crippen MR) is 211 cm³/mol. The molecule has 0 bridgehead atoms. The molecule has 0 fully saturated rings. The Morgan fingerprint density at radius 3 is 1.70 bits per heavy atom. The van der Waals surface area contributed by atoms with Gasteiger partial charge in [-0.05, 0) is 86.4 Å². The van der Waals surface area contributed by atoms with E-state index in [1.807, 2.05) is 71.9 Å². The first-order valence-electron chi connectivity index (χ1n) is 18.5. The molecular weight excluding hydrogens is 684 g/mol. The van der Waals surface area contributed by atoms with Crippen LogP contribution in [0, 0.1) is 0 Å². The number of methoxy groups -OCH3 is 1. The molecule has 0 aromatic heterocycles. The van der Waals surface area contributed by atoms with E-state index in [0.717, 1.165) is 33.4 Å². The summed E-state index contributed by atoms with van der Waals surface area (Å²) in [5.41, 5.74) is 3.72. The highest BCUT2D eigenvalue weighted by Crippen LogP contribution is 2.47. The summed E-state index contributed by atoms with van der Waals surface area (Å²) in [6.07, 6.45) is 0.939. The van der Waals surface area contributed by atoms with Crippen LogP contribution in [0.15, 0.2) is 48.0 Å². The molecule has 3 aromatic carbocycles. The Kier molecular flexibility index (Phi) is 12.1. The normalized spacial score (nSPS) is 15.8. The number of ketones is 1. The number of carbonyl (C=O) groups is 3. The fraction of sp³-hybridized carbons (Fsp3) is 0.489. The van der Waals surface area contributed by atoms with Gasteiger partial charge in [0.25, 0.3) is 0 Å². The van der Waals surface area contributed by atoms with Crippen LogP contribution >= 0.6 is 0 Å². The zero-order chi connectivity index (χ0) is 40.6. The van der Waals surface area contributed by atoms with E-state index in [0.29, 0.717) is 29.1 Å². The van der Waals surface area contributed by atoms with E-state index in [4.69, 9.17) is 14.2 Å². The summed E-state index contributed by atoms with van der Waals surface area (Å²) >= 11 is 0. The number of phenols is 2. The minimum Gasteiger partial charge on any atom is -0.507 e. The number of fused-ring (bicyclic) bond motifs is 1. The second-order valence-electron chi connectivity index (χ2n) is 18.2. The molecule has 0 aliphatic carbocycles. The minimum atomic E-state index is -0.845. The first kappa shape index (κ1) is 42.0. The number of Topliss-reactive ketones (excluding diaryl/α,β-unsaturated/α-hetero) is 1. The van der Waals surface area contributed by atoms with Crippen molar-refractivity contribution in [3.05, 3.63) is 87.0 Å². The summed E-state index contributed by atoms with van der Waals surface area (Å²) in [5.74, 6) is -0.262. The standard InChI is InChI=1S/C45H58O9/c1-42(2,3)31-20-26(21-32(39(31)49)43(4,5)6)19-30-38(48)29-16-15-28(52-17-14-18-53-37(47)25-36(46)51-13)24-35(29)54-41(30)27-22-33(44(7,8)9)40(50)34(23-27)45(10,11)12/h15-16,19-24,41,49-50H,14,17-18,25H2,1-13H3/b30-19+. The summed E-state index contributed by atoms with van der Waals surface area (Å²) < 4.78 is 22.3. The molecule has 54 heavy (non-hydrogen) atoms. The van der Waals surface area contributed by atoms with Crippen molar-refractivity contribution < 1.29 is 43.5 Å². The molecule has 4 rings (SSSR count). The van der Waals surface area contributed by atoms with E-state index in [9.17, 15) is 24.6 Å². The molecule has 0 saturated heterocycles. The number of phenolic OH excluding ortho intramolecular Hbond substituents is 2. The third-order valence-electron chi connectivity index (χ3n) is 9.45. The van der Waals surface area contributed by atoms with Gasteiger partial charge in [0.15, 0.2) is 11.9 Å². The topological polar surface area (TPSA) is 129 Å². The SMILES string of the molecule is COC(=O)CC(=O)OCCCOc1ccc2c(c1)OC(c1cc(C(C)(C)C)c(O)c(C(C)(C)C)c1)/C(=C/c1cc(C(C)(C)C)c(O)c(C(C)(C)C)c1)C2=O. The van der Waals surface area contributed by atoms with Crippen LogP contribution in [0.2, 0.25) is 0 Å². The minimum absolute atomic E-state index is 0.0597. The molecule has 1 unspecified atom stereocenters. The largest absolute Gasteiger partial charge is 0.507 e. The molecular formula is C45H58O9. The third kappa shape index (κ3) is 9.65. The van der Waals surface area contributed by atoms with Gasteiger partial charge in [0.1, 0.15) is 29.4 Å². The second kappa shape index (κ2) is 15.5. The number of esters is 2. The average molecular weight is 743 g/mol. The molecule has 0 spiro atoms. The Bertz CT molecular complexity index is 1870. The molecule has 0 amide bonds. The Morgan fingerprint density at radius 1 is 0.722 bits per heavy atom. The van der Waals surface area contributed by atoms with Crippen molar-refractivity contribution in [3.63, 3.8) is 0 Å². The van der Waals surface area contributed by atoms with E-state index in [1.54, 1.807) is 18.2 Å². The summed E-state index contributed by atoms with van der Waals surface area (Å²) in [5, 5.41) is 23.0. The lowest BCUT2D eigenvalue weighted by molar-refractivity contribution is -0.153. The molecule has 9 nitrogen and oxygen atoms in total. The molecule has 0 radical (unpaired) electrons. The summed E-state index contributed by atoms with van der Waals surface area (Å²) in [6.45, 7) is 24.8. The highest BCUT2D eigenvalue weighted by molar-refractivity contribution is 6.14. The number of aromatic hydroxyl groups is 2. The van der Waals surface area contributed by atoms with Crippen LogP contribution in [0.25, 0.3) is 6.08 Å². The smallest absolute Gasteiger partial charge is 0.317 e. The van der Waals surface area contributed by atoms with Crippen molar-refractivity contribution in [3.8, 4) is 23.0 Å². The Balaban J connectivity index is 1.84. The molecule has 1 aliphatic heterocycles. The highest BCUT2D eigenvalue weighted by Gasteiger charge is 2.37. The monoisotopic (exact) mass is 742 g/mol. The number of rotatable bonds is 9. The Hall–Kier alpha value is -4.79. The van der Waals surface area contributed by atoms with Crippen LogP contribution in [0.4, 0.5) is 0 Å². The number of benzene rings is 3. The van der Waals surface area contributed by atoms with Gasteiger partial charge in [-0.3, -0.25) is 14.4 Å². The van der Waals surface area contributed by atoms with Gasteiger partial charge in [0.2, 0.25) is 0 Å². The van der Waals surface area contributed by atoms with Crippen molar-refractivity contribution in [2.45, 2.75) is 124 Å². The molecule has 2 N–H and O–H groups in total. The predicted octanol–water partition coefficient (Wildman–Crippen LogP) is 9.56. The summed E-state index contributed by atoms with van der Waals surface area (Å²) in [7, 11) is 1.20. The maximum atomic E-state index is 14.7. The lowest BCUT2D eigenvalue weighted by atomic mass is 9.76. The van der Waals surface area contributed by atoms with Gasteiger partial charge in [-0.25, -0.2) is 0 Å². The van der Waals surface area contributed by atoms with Gasteiger partial charge in [0.05, 0.1) is 25.9 Å². The van der Waals surface area contributed by atoms with Crippen LogP contribution < -0.4 is 9.47 Å². The number of hydrogen-bond donors (Lipinski definition) is 2. The fourth-order valence-corrected chi connectivity index (χ4v) is 6.42. The lowest BCUT2D eigenvalue weighted by Crippen LogP contribution is -2.26. The van der Waals surface area contributed by atoms with Crippen LogP contribution in [0.3, 0.4) is 0 Å². The second-order valence-corrected chi connectivity index (χ2v) is 18.2. The van der Waals surface area contributed by atoms with E-state index in [-0.39, 0.29) is 41.3 Å². The highest BCUT2D eigenvalue weighted by atomic mass is 16.5. The molecule has 3 aromatic rings. The third-order valence-corrected chi connectivity index (χ3v) is 9.45. The van der Waals surface area contributed by atoms with Crippen molar-refractivity contribution in [2.24, 2.45) is 0 Å². The first-order chi connectivity index (χ1) is 24.8. The Morgan fingerprint density at radius 2 is 1.22 bits per heavy atom. The van der Waals surface area contributed by atoms with Crippen LogP contribution in [-0.4, -0.2) is 48.3 Å². The quantitative estimate of drug-likeness (QED) is 0.0953. The molecule has 1 atom stereocenters. The molecule has 9 heteroatoms. The molecule has 292 valence electrons. The van der Waals surface area contributed by atoms with Gasteiger partial charge in [0, 0.05) is 29.2 Å². The van der Waals surface area contributed by atoms with Gasteiger partial charge in [-0.15, -0.1) is 0 Å². The Labute approximate surface area is 320 Å². The van der Waals surface area contributed by atoms with Crippen molar-refractivity contribution in [2.75, 3.05) is 20.3 Å². The zero-order valence-electron chi connectivity index (χ0n) is 34.3. The first-order valence-corrected chi connectivity index (χ1v) is 18.5. The number of hydrogen-bond acceptors (Lipinski definition) is 9. The van der Waals surface area contributed by atoms with E-state index in [1.165, 1.54) is 7.11 Å². The van der Waals surface area contributed by atoms with Crippen LogP contribution in [0.1, 0.15) is 146 Å². The summed E-state index contributed by atoms with van der Waals surface area (Å²) in [4.78, 5) is 37.8. The fourth-order valence-electron chi connectivity index (χ4n) is 6.42. The maximum Gasteiger partial charge on any atom is 0.317 e. The summed E-state index contributed by atoms with van der Waals surface area (Å²) in [6, 6.07) is 12.8. The lowest BCUT2D eigenvalue weighted by Gasteiger charge is -2.33. The van der Waals surface area contributed by atoms with E-state index >= 15 is 0 Å².